The maximum absolute atomic E-state index is 2.36. The molecule has 0 spiro atoms. The summed E-state index contributed by atoms with van der Waals surface area (Å²) in [6.45, 7) is 0. The first-order chi connectivity index (χ1) is 38.6. The third kappa shape index (κ3) is 19.7. The number of hydrogen-bond donors (Lipinski definition) is 0. The Kier molecular flexibility index (Phi) is 29.5. The van der Waals surface area contributed by atoms with Crippen molar-refractivity contribution in [2.75, 3.05) is 0 Å². The van der Waals surface area contributed by atoms with E-state index in [-0.39, 0.29) is 24.8 Å². The van der Waals surface area contributed by atoms with E-state index in [0.717, 1.165) is 23.7 Å². The monoisotopic (exact) mass is 1260 g/mol. The van der Waals surface area contributed by atoms with Gasteiger partial charge in [-0.3, -0.25) is 0 Å². The molecule has 0 amide bonds. The minimum Gasteiger partial charge on any atom is -0.150 e. The molecule has 0 atom stereocenters. The van der Waals surface area contributed by atoms with E-state index in [1.807, 2.05) is 0 Å². The summed E-state index contributed by atoms with van der Waals surface area (Å²) in [5, 5.41) is 11.7. The van der Waals surface area contributed by atoms with E-state index in [1.54, 1.807) is 77.1 Å². The average Bonchev–Trinajstić information content (AvgIpc) is 4.08. The van der Waals surface area contributed by atoms with Gasteiger partial charge in [0.1, 0.15) is 0 Å². The van der Waals surface area contributed by atoms with Crippen LogP contribution in [0.25, 0.3) is 43.1 Å². The zero-order valence-electron chi connectivity index (χ0n) is 49.0. The van der Waals surface area contributed by atoms with Gasteiger partial charge in [0.05, 0.1) is 0 Å². The van der Waals surface area contributed by atoms with Gasteiger partial charge in [0.2, 0.25) is 0 Å². The standard InChI is InChI=1S/4C16H19.2C6H10.2ClH.2Zr/c4*1-2-4-8-13(7-3-1)16-12-11-14-9-5-6-10-15(14)16;2*1-2-4-6-5-3-1;;;;/h4*5-6,9-13H,1-4,7-8H2;2*1-5H2;2*1H;;/q4*-1;;;;;2*+2/p-2. The van der Waals surface area contributed by atoms with Crippen molar-refractivity contribution >= 4 is 49.5 Å². The van der Waals surface area contributed by atoms with Crippen molar-refractivity contribution in [3.05, 3.63) is 168 Å². The fourth-order valence-electron chi connectivity index (χ4n) is 14.4. The quantitative estimate of drug-likeness (QED) is 0.122. The van der Waals surface area contributed by atoms with Gasteiger partial charge in [-0.25, -0.2) is 0 Å². The first-order valence-electron chi connectivity index (χ1n) is 32.3. The van der Waals surface area contributed by atoms with E-state index >= 15 is 0 Å². The number of rotatable bonds is 4. The van der Waals surface area contributed by atoms with Gasteiger partial charge in [0.25, 0.3) is 0 Å². The summed E-state index contributed by atoms with van der Waals surface area (Å²) >= 11 is 3.38. The number of fused-ring (bicyclic) bond motifs is 4. The molecule has 80 heavy (non-hydrogen) atoms. The Hall–Kier alpha value is -2.59. The van der Waals surface area contributed by atoms with Crippen LogP contribution in [0, 0.1) is 0 Å². The number of benzene rings is 4. The van der Waals surface area contributed by atoms with Crippen molar-refractivity contribution in [1.29, 1.82) is 0 Å². The summed E-state index contributed by atoms with van der Waals surface area (Å²) in [7, 11) is 0. The molecule has 0 radical (unpaired) electrons. The summed E-state index contributed by atoms with van der Waals surface area (Å²) in [5.41, 5.74) is 6.44. The normalized spacial score (nSPS) is 19.0. The van der Waals surface area contributed by atoms with Gasteiger partial charge in [-0.1, -0.05) is 202 Å². The summed E-state index contributed by atoms with van der Waals surface area (Å²) in [5.74, 6) is 3.29. The van der Waals surface area contributed by atoms with Gasteiger partial charge in [-0.05, 0) is 0 Å². The average molecular weight is 1260 g/mol. The van der Waals surface area contributed by atoms with E-state index in [1.165, 1.54) is 261 Å². The first kappa shape index (κ1) is 65.0. The largest absolute Gasteiger partial charge is 0.150 e. The second kappa shape index (κ2) is 36.3. The first-order valence-corrected chi connectivity index (χ1v) is 34.7. The van der Waals surface area contributed by atoms with Crippen LogP contribution in [0.4, 0.5) is 0 Å². The minimum atomic E-state index is 0. The molecule has 6 fully saturated rings. The molecule has 6 aliphatic rings. The Morgan fingerprint density at radius 1 is 0.250 bits per heavy atom. The fourth-order valence-corrected chi connectivity index (χ4v) is 16.2. The molecule has 0 aromatic heterocycles. The summed E-state index contributed by atoms with van der Waals surface area (Å²) < 4.78 is 3.61. The minimum absolute atomic E-state index is 0. The second-order valence-corrected chi connectivity index (χ2v) is 28.1. The summed E-state index contributed by atoms with van der Waals surface area (Å²) in [4.78, 5) is 0. The molecular formula is C76H96Cl2Zr2-2. The molecule has 0 N–H and O–H groups in total. The van der Waals surface area contributed by atoms with Crippen LogP contribution in [0.1, 0.15) is 264 Å². The molecule has 0 aliphatic heterocycles. The summed E-state index contributed by atoms with van der Waals surface area (Å²) in [6.07, 6.45) is 48.7. The number of halogens is 2. The molecule has 8 aromatic rings. The van der Waals surface area contributed by atoms with E-state index in [4.69, 9.17) is 0 Å². The zero-order chi connectivity index (χ0) is 53.4. The van der Waals surface area contributed by atoms with Gasteiger partial charge in [0.15, 0.2) is 0 Å². The van der Waals surface area contributed by atoms with E-state index in [2.05, 4.69) is 146 Å². The fraction of sp³-hybridized carbons (Fsp3) is 0.500. The van der Waals surface area contributed by atoms with E-state index in [0.29, 0.717) is 0 Å². The number of hydrogen-bond acceptors (Lipinski definition) is 0. The Balaban J connectivity index is 0.000000142. The van der Waals surface area contributed by atoms with Crippen LogP contribution in [0.2, 0.25) is 0 Å². The third-order valence-electron chi connectivity index (χ3n) is 19.0. The van der Waals surface area contributed by atoms with Crippen molar-refractivity contribution in [3.8, 4) is 0 Å². The molecule has 0 nitrogen and oxygen atoms in total. The predicted molar refractivity (Wildman–Crippen MR) is 336 cm³/mol. The van der Waals surface area contributed by atoms with Crippen LogP contribution in [-0.4, -0.2) is 6.41 Å². The third-order valence-corrected chi connectivity index (χ3v) is 21.4. The van der Waals surface area contributed by atoms with Crippen molar-refractivity contribution in [1.82, 2.24) is 0 Å². The van der Waals surface area contributed by atoms with Gasteiger partial charge < -0.3 is 24.8 Å². The molecule has 424 valence electrons. The van der Waals surface area contributed by atoms with Gasteiger partial charge >= 0.3 is 119 Å². The maximum Gasteiger partial charge on any atom is -0.0533 e. The molecule has 0 saturated heterocycles. The van der Waals surface area contributed by atoms with Crippen LogP contribution in [-0.2, 0) is 48.5 Å². The van der Waals surface area contributed by atoms with Crippen LogP contribution >= 0.6 is 0 Å². The Bertz CT molecular complexity index is 2560. The van der Waals surface area contributed by atoms with Crippen LogP contribution < -0.4 is 24.8 Å². The van der Waals surface area contributed by atoms with Crippen molar-refractivity contribution in [2.45, 2.75) is 242 Å². The molecule has 0 bridgehead atoms. The van der Waals surface area contributed by atoms with Gasteiger partial charge in [-0.15, -0.1) is 164 Å². The van der Waals surface area contributed by atoms with E-state index < -0.39 is 0 Å². The molecule has 0 unspecified atom stereocenters. The van der Waals surface area contributed by atoms with Crippen LogP contribution in [0.15, 0.2) is 146 Å². The smallest absolute Gasteiger partial charge is 0.0533 e. The predicted octanol–water partition coefficient (Wildman–Crippen LogP) is 17.3. The van der Waals surface area contributed by atoms with Gasteiger partial charge in [-0.2, -0.15) is 22.3 Å². The Morgan fingerprint density at radius 2 is 0.438 bits per heavy atom. The van der Waals surface area contributed by atoms with E-state index in [9.17, 15) is 0 Å². The maximum atomic E-state index is 2.36. The molecule has 6 aliphatic carbocycles. The molecule has 0 heterocycles. The Morgan fingerprint density at radius 3 is 0.625 bits per heavy atom. The molecule has 8 aromatic carbocycles. The molecular weight excluding hydrogens is 1170 g/mol. The van der Waals surface area contributed by atoms with Crippen LogP contribution in [0.5, 0.6) is 0 Å². The topological polar surface area (TPSA) is 0 Å². The van der Waals surface area contributed by atoms with Crippen molar-refractivity contribution in [3.63, 3.8) is 0 Å². The van der Waals surface area contributed by atoms with Crippen LogP contribution in [0.3, 0.4) is 0 Å². The van der Waals surface area contributed by atoms with Gasteiger partial charge in [0, 0.05) is 0 Å². The SMILES string of the molecule is [Cl-].[Cl-].[Zr+2]=[C]1CCCCC1.[Zr+2]=[C]1CCCCC1.c1ccc2c(C3CCCCCC3)c[cH-]c2c1.c1ccc2c(C3CCCCCC3)c[cH-]c2c1.c1ccc2c(C3CCCCCC3)c[cH-]c2c1.c1ccc2c(C3CCCCCC3)c[cH-]c2c1. The molecule has 4 heteroatoms. The molecule has 14 rings (SSSR count). The van der Waals surface area contributed by atoms with Crippen molar-refractivity contribution in [2.24, 2.45) is 0 Å². The van der Waals surface area contributed by atoms with Crippen molar-refractivity contribution < 1.29 is 73.3 Å². The second-order valence-electron chi connectivity index (χ2n) is 24.6. The molecule has 6 saturated carbocycles. The zero-order valence-corrected chi connectivity index (χ0v) is 55.4. The summed E-state index contributed by atoms with van der Waals surface area (Å²) in [6, 6.07) is 53.9. The Labute approximate surface area is 527 Å².